The molecule has 1 aliphatic heterocycles. The van der Waals surface area contributed by atoms with E-state index in [0.717, 1.165) is 12.1 Å². The molecular formula is C19H18F3NO8S. The smallest absolute Gasteiger partial charge is 0.457 e. The van der Waals surface area contributed by atoms with Gasteiger partial charge in [-0.05, 0) is 48.5 Å². The van der Waals surface area contributed by atoms with Crippen molar-refractivity contribution in [2.75, 3.05) is 19.2 Å². The van der Waals surface area contributed by atoms with Crippen molar-refractivity contribution in [1.29, 1.82) is 0 Å². The molecule has 0 spiro atoms. The summed E-state index contributed by atoms with van der Waals surface area (Å²) in [4.78, 5) is 10.8. The van der Waals surface area contributed by atoms with Crippen LogP contribution in [0.5, 0.6) is 17.2 Å². The van der Waals surface area contributed by atoms with Crippen molar-refractivity contribution in [3.8, 4) is 17.2 Å². The predicted molar refractivity (Wildman–Crippen MR) is 101 cm³/mol. The lowest BCUT2D eigenvalue weighted by atomic mass is 10.2. The fourth-order valence-electron chi connectivity index (χ4n) is 2.88. The molecule has 1 heterocycles. The van der Waals surface area contributed by atoms with Crippen LogP contribution in [-0.2, 0) is 24.1 Å². The van der Waals surface area contributed by atoms with E-state index in [4.69, 9.17) is 14.2 Å². The van der Waals surface area contributed by atoms with Crippen LogP contribution < -0.4 is 9.47 Å². The number of nitrogens with zero attached hydrogens (tertiary/aromatic N) is 1. The van der Waals surface area contributed by atoms with Crippen molar-refractivity contribution in [3.05, 3.63) is 48.5 Å². The Kier molecular flexibility index (Phi) is 7.23. The average Bonchev–Trinajstić information content (AvgIpc) is 3.27. The van der Waals surface area contributed by atoms with Gasteiger partial charge < -0.3 is 18.9 Å². The van der Waals surface area contributed by atoms with Crippen LogP contribution in [0.15, 0.2) is 53.4 Å². The van der Waals surface area contributed by atoms with Crippen molar-refractivity contribution in [1.82, 2.24) is 5.06 Å². The van der Waals surface area contributed by atoms with E-state index >= 15 is 0 Å². The normalized spacial score (nSPS) is 17.6. The molecule has 0 radical (unpaired) electrons. The average molecular weight is 477 g/mol. The molecule has 174 valence electrons. The van der Waals surface area contributed by atoms with E-state index in [9.17, 15) is 31.6 Å². The zero-order chi connectivity index (χ0) is 23.4. The van der Waals surface area contributed by atoms with Crippen LogP contribution >= 0.6 is 0 Å². The minimum Gasteiger partial charge on any atom is -0.457 e. The number of sulfone groups is 1. The molecular weight excluding hydrogens is 459 g/mol. The topological polar surface area (TPSA) is 112 Å². The van der Waals surface area contributed by atoms with Gasteiger partial charge in [-0.3, -0.25) is 10.0 Å². The van der Waals surface area contributed by atoms with E-state index in [2.05, 4.69) is 4.74 Å². The highest BCUT2D eigenvalue weighted by Gasteiger charge is 2.35. The summed E-state index contributed by atoms with van der Waals surface area (Å²) in [7, 11) is -3.94. The van der Waals surface area contributed by atoms with Crippen molar-refractivity contribution in [3.63, 3.8) is 0 Å². The van der Waals surface area contributed by atoms with Crippen LogP contribution in [0.25, 0.3) is 0 Å². The summed E-state index contributed by atoms with van der Waals surface area (Å²) in [5.74, 6) is -0.590. The van der Waals surface area contributed by atoms with E-state index in [1.54, 1.807) is 0 Å². The van der Waals surface area contributed by atoms with Crippen LogP contribution in [0.2, 0.25) is 0 Å². The summed E-state index contributed by atoms with van der Waals surface area (Å²) >= 11 is 0. The molecule has 2 atom stereocenters. The first-order valence-corrected chi connectivity index (χ1v) is 10.7. The molecule has 1 saturated heterocycles. The minimum atomic E-state index is -4.81. The number of alkyl halides is 3. The molecule has 13 heteroatoms. The van der Waals surface area contributed by atoms with Gasteiger partial charge >= 0.3 is 6.36 Å². The molecule has 9 nitrogen and oxygen atoms in total. The van der Waals surface area contributed by atoms with Crippen LogP contribution in [0, 0.1) is 0 Å². The van der Waals surface area contributed by atoms with Crippen molar-refractivity contribution < 1.29 is 50.5 Å². The van der Waals surface area contributed by atoms with E-state index in [-0.39, 0.29) is 41.3 Å². The summed E-state index contributed by atoms with van der Waals surface area (Å²) in [5, 5.41) is 9.99. The Balaban J connectivity index is 1.68. The van der Waals surface area contributed by atoms with E-state index in [0.29, 0.717) is 0 Å². The van der Waals surface area contributed by atoms with Crippen LogP contribution in [0.1, 0.15) is 0 Å². The number of carbonyl (C=O) groups excluding carboxylic acids is 1. The molecule has 32 heavy (non-hydrogen) atoms. The number of halogens is 3. The molecule has 2 aromatic rings. The lowest BCUT2D eigenvalue weighted by Crippen LogP contribution is -2.46. The third kappa shape index (κ3) is 6.32. The third-order valence-electron chi connectivity index (χ3n) is 4.39. The Morgan fingerprint density at radius 3 is 2.16 bits per heavy atom. The Morgan fingerprint density at radius 1 is 1.09 bits per heavy atom. The number of hydroxylamine groups is 2. The number of benzene rings is 2. The maximum Gasteiger partial charge on any atom is 0.573 e. The summed E-state index contributed by atoms with van der Waals surface area (Å²) < 4.78 is 81.6. The number of ether oxygens (including phenoxy) is 4. The Morgan fingerprint density at radius 2 is 1.66 bits per heavy atom. The maximum atomic E-state index is 12.7. The van der Waals surface area contributed by atoms with Crippen LogP contribution in [0.4, 0.5) is 13.2 Å². The molecule has 1 amide bonds. The quantitative estimate of drug-likeness (QED) is 0.334. The zero-order valence-electron chi connectivity index (χ0n) is 16.3. The molecule has 1 aliphatic rings. The van der Waals surface area contributed by atoms with Gasteiger partial charge in [-0.1, -0.05) is 0 Å². The first-order chi connectivity index (χ1) is 15.1. The summed E-state index contributed by atoms with van der Waals surface area (Å²) in [6, 6.07) is 8.73. The first-order valence-electron chi connectivity index (χ1n) is 9.06. The van der Waals surface area contributed by atoms with Crippen molar-refractivity contribution in [2.45, 2.75) is 23.4 Å². The fraction of sp³-hybridized carbons (Fsp3) is 0.316. The number of hydrogen-bond donors (Lipinski definition) is 1. The Hall–Kier alpha value is -2.87. The second-order valence-corrected chi connectivity index (χ2v) is 8.65. The molecule has 0 saturated carbocycles. The van der Waals surface area contributed by atoms with E-state index < -0.39 is 39.8 Å². The molecule has 2 aromatic carbocycles. The number of hydrogen-bond acceptors (Lipinski definition) is 8. The number of rotatable bonds is 9. The van der Waals surface area contributed by atoms with Gasteiger partial charge in [0.15, 0.2) is 9.84 Å². The Bertz CT molecular complexity index is 1010. The van der Waals surface area contributed by atoms with Gasteiger partial charge in [-0.2, -0.15) is 0 Å². The SMILES string of the molecule is O=CN(O)C(CS(=O)(=O)c1ccc(Oc2ccc(OC(F)(F)F)cc2)cc1)[C@H]1COCO1. The van der Waals surface area contributed by atoms with E-state index in [1.165, 1.54) is 36.4 Å². The van der Waals surface area contributed by atoms with Gasteiger partial charge in [-0.15, -0.1) is 13.2 Å². The molecule has 0 aromatic heterocycles. The monoisotopic (exact) mass is 477 g/mol. The Labute approximate surface area is 180 Å². The van der Waals surface area contributed by atoms with Gasteiger partial charge in [0, 0.05) is 0 Å². The minimum absolute atomic E-state index is 0.0185. The van der Waals surface area contributed by atoms with Gasteiger partial charge in [0.25, 0.3) is 0 Å². The predicted octanol–water partition coefficient (Wildman–Crippen LogP) is 2.74. The molecule has 3 rings (SSSR count). The van der Waals surface area contributed by atoms with Crippen molar-refractivity contribution in [2.24, 2.45) is 0 Å². The molecule has 1 N–H and O–H groups in total. The van der Waals surface area contributed by atoms with Gasteiger partial charge in [-0.25, -0.2) is 13.5 Å². The van der Waals surface area contributed by atoms with Crippen LogP contribution in [-0.4, -0.2) is 62.8 Å². The standard InChI is InChI=1S/C19H18F3NO8S/c20-19(21,22)31-15-3-1-13(2-4-15)30-14-5-7-16(8-6-14)32(26,27)10-17(23(25)11-24)18-9-28-12-29-18/h1-8,11,17-18,25H,9-10,12H2/t17?,18-/m1/s1. The second-order valence-electron chi connectivity index (χ2n) is 6.62. The van der Waals surface area contributed by atoms with Gasteiger partial charge in [0.2, 0.25) is 6.41 Å². The fourth-order valence-corrected chi connectivity index (χ4v) is 4.44. The number of amides is 1. The summed E-state index contributed by atoms with van der Waals surface area (Å²) in [6.07, 6.45) is -5.53. The molecule has 0 bridgehead atoms. The lowest BCUT2D eigenvalue weighted by Gasteiger charge is -2.26. The molecule has 1 fully saturated rings. The van der Waals surface area contributed by atoms with Crippen molar-refractivity contribution >= 4 is 16.2 Å². The van der Waals surface area contributed by atoms with Gasteiger partial charge in [0.1, 0.15) is 36.2 Å². The second kappa shape index (κ2) is 9.73. The summed E-state index contributed by atoms with van der Waals surface area (Å²) in [5.41, 5.74) is 0. The molecule has 1 unspecified atom stereocenters. The highest BCUT2D eigenvalue weighted by molar-refractivity contribution is 7.91. The van der Waals surface area contributed by atoms with Gasteiger partial charge in [0.05, 0.1) is 17.3 Å². The molecule has 0 aliphatic carbocycles. The summed E-state index contributed by atoms with van der Waals surface area (Å²) in [6.45, 7) is -0.0616. The third-order valence-corrected chi connectivity index (χ3v) is 6.16. The highest BCUT2D eigenvalue weighted by Crippen LogP contribution is 2.28. The van der Waals surface area contributed by atoms with E-state index in [1.807, 2.05) is 0 Å². The first kappa shape index (κ1) is 23.8. The lowest BCUT2D eigenvalue weighted by molar-refractivity contribution is -0.274. The zero-order valence-corrected chi connectivity index (χ0v) is 17.1. The maximum absolute atomic E-state index is 12.7. The van der Waals surface area contributed by atoms with Crippen LogP contribution in [0.3, 0.4) is 0 Å². The highest BCUT2D eigenvalue weighted by atomic mass is 32.2. The number of carbonyl (C=O) groups is 1. The largest absolute Gasteiger partial charge is 0.573 e.